The van der Waals surface area contributed by atoms with Crippen molar-refractivity contribution in [3.05, 3.63) is 45.2 Å². The Labute approximate surface area is 161 Å². The van der Waals surface area contributed by atoms with Crippen LogP contribution in [0.15, 0.2) is 34.8 Å². The summed E-state index contributed by atoms with van der Waals surface area (Å²) in [7, 11) is 3.45. The molecule has 1 aromatic carbocycles. The summed E-state index contributed by atoms with van der Waals surface area (Å²) in [5.41, 5.74) is 1.24. The molecule has 0 aliphatic carbocycles. The summed E-state index contributed by atoms with van der Waals surface area (Å²) in [5.74, 6) is 0.955. The summed E-state index contributed by atoms with van der Waals surface area (Å²) in [6, 6.07) is 10.8. The highest BCUT2D eigenvalue weighted by Gasteiger charge is 2.26. The number of piperazine rings is 1. The van der Waals surface area contributed by atoms with Crippen LogP contribution >= 0.6 is 39.7 Å². The second-order valence-electron chi connectivity index (χ2n) is 5.48. The molecule has 0 saturated carbocycles. The van der Waals surface area contributed by atoms with Gasteiger partial charge in [0.1, 0.15) is 5.75 Å². The first-order valence-electron chi connectivity index (χ1n) is 7.62. The van der Waals surface area contributed by atoms with E-state index in [4.69, 9.17) is 9.47 Å². The first-order valence-corrected chi connectivity index (χ1v) is 9.23. The fourth-order valence-corrected chi connectivity index (χ4v) is 4.72. The number of nitrogens with one attached hydrogen (secondary N) is 1. The third-order valence-electron chi connectivity index (χ3n) is 4.10. The molecule has 1 aromatic heterocycles. The van der Waals surface area contributed by atoms with Gasteiger partial charge in [-0.25, -0.2) is 0 Å². The van der Waals surface area contributed by atoms with Crippen LogP contribution in [-0.2, 0) is 6.54 Å². The van der Waals surface area contributed by atoms with Crippen molar-refractivity contribution in [2.75, 3.05) is 33.9 Å². The first-order chi connectivity index (χ1) is 11.2. The summed E-state index contributed by atoms with van der Waals surface area (Å²) in [6.45, 7) is 3.87. The van der Waals surface area contributed by atoms with E-state index in [1.807, 2.05) is 12.1 Å². The van der Waals surface area contributed by atoms with Crippen LogP contribution in [0, 0.1) is 0 Å². The number of para-hydroxylation sites is 1. The Balaban J connectivity index is 0.00000208. The van der Waals surface area contributed by atoms with Gasteiger partial charge in [0.15, 0.2) is 5.06 Å². The second kappa shape index (κ2) is 9.06. The fraction of sp³-hybridized carbons (Fsp3) is 0.412. The number of halogens is 2. The Morgan fingerprint density at radius 2 is 2.08 bits per heavy atom. The van der Waals surface area contributed by atoms with Gasteiger partial charge in [0.25, 0.3) is 0 Å². The van der Waals surface area contributed by atoms with Crippen molar-refractivity contribution in [2.24, 2.45) is 0 Å². The van der Waals surface area contributed by atoms with E-state index in [1.165, 1.54) is 10.4 Å². The third kappa shape index (κ3) is 4.24. The van der Waals surface area contributed by atoms with Gasteiger partial charge in [-0.15, -0.1) is 23.7 Å². The van der Waals surface area contributed by atoms with Crippen LogP contribution in [0.25, 0.3) is 0 Å². The molecule has 1 aliphatic heterocycles. The minimum absolute atomic E-state index is 0. The Hall–Kier alpha value is -0.790. The number of thiophene rings is 1. The Bertz CT molecular complexity index is 668. The molecule has 4 nitrogen and oxygen atoms in total. The molecule has 2 aromatic rings. The molecule has 1 aliphatic rings. The summed E-state index contributed by atoms with van der Waals surface area (Å²) in [5, 5.41) is 4.43. The topological polar surface area (TPSA) is 33.7 Å². The number of hydrogen-bond donors (Lipinski definition) is 1. The minimum atomic E-state index is 0. The summed E-state index contributed by atoms with van der Waals surface area (Å²) < 4.78 is 12.0. The van der Waals surface area contributed by atoms with Crippen molar-refractivity contribution in [2.45, 2.75) is 12.6 Å². The molecule has 0 amide bonds. The number of hydrogen-bond acceptors (Lipinski definition) is 5. The van der Waals surface area contributed by atoms with Gasteiger partial charge in [-0.2, -0.15) is 0 Å². The van der Waals surface area contributed by atoms with Crippen molar-refractivity contribution in [3.63, 3.8) is 0 Å². The number of ether oxygens (including phenoxy) is 2. The normalized spacial score (nSPS) is 18.0. The van der Waals surface area contributed by atoms with Gasteiger partial charge >= 0.3 is 0 Å². The van der Waals surface area contributed by atoms with Crippen molar-refractivity contribution in [1.29, 1.82) is 0 Å². The van der Waals surface area contributed by atoms with E-state index in [0.29, 0.717) is 6.04 Å². The summed E-state index contributed by atoms with van der Waals surface area (Å²) in [4.78, 5) is 3.81. The van der Waals surface area contributed by atoms with Crippen molar-refractivity contribution >= 4 is 39.7 Å². The van der Waals surface area contributed by atoms with Gasteiger partial charge in [0.05, 0.1) is 24.7 Å². The van der Waals surface area contributed by atoms with Crippen LogP contribution in [0.4, 0.5) is 0 Å². The molecule has 132 valence electrons. The quantitative estimate of drug-likeness (QED) is 0.770. The van der Waals surface area contributed by atoms with Crippen LogP contribution in [0.5, 0.6) is 10.8 Å². The maximum atomic E-state index is 5.56. The van der Waals surface area contributed by atoms with E-state index in [9.17, 15) is 0 Å². The van der Waals surface area contributed by atoms with Crippen molar-refractivity contribution in [1.82, 2.24) is 10.2 Å². The molecule has 1 saturated heterocycles. The fourth-order valence-electron chi connectivity index (χ4n) is 3.00. The second-order valence-corrected chi connectivity index (χ2v) is 7.44. The minimum Gasteiger partial charge on any atom is -0.496 e. The SMILES string of the molecule is COc1ccccc1C1CNCCN1Cc1cc(Br)c(OC)s1.Cl. The maximum absolute atomic E-state index is 5.56. The van der Waals surface area contributed by atoms with Crippen LogP contribution in [0.2, 0.25) is 0 Å². The lowest BCUT2D eigenvalue weighted by Gasteiger charge is -2.36. The van der Waals surface area contributed by atoms with E-state index < -0.39 is 0 Å². The van der Waals surface area contributed by atoms with Crippen LogP contribution < -0.4 is 14.8 Å². The molecule has 1 atom stereocenters. The predicted molar refractivity (Wildman–Crippen MR) is 105 cm³/mol. The summed E-state index contributed by atoms with van der Waals surface area (Å²) in [6.07, 6.45) is 0. The maximum Gasteiger partial charge on any atom is 0.188 e. The molecular weight excluding hydrogens is 412 g/mol. The standard InChI is InChI=1S/C17H21BrN2O2S.ClH/c1-21-16-6-4-3-5-13(16)15-10-19-7-8-20(15)11-12-9-14(18)17(22-2)23-12;/h3-6,9,15,19H,7-8,10-11H2,1-2H3;1H. The average molecular weight is 434 g/mol. The van der Waals surface area contributed by atoms with Gasteiger partial charge in [-0.3, -0.25) is 4.90 Å². The van der Waals surface area contributed by atoms with Gasteiger partial charge in [0, 0.05) is 36.6 Å². The smallest absolute Gasteiger partial charge is 0.188 e. The van der Waals surface area contributed by atoms with E-state index in [1.54, 1.807) is 25.6 Å². The third-order valence-corrected chi connectivity index (χ3v) is 6.04. The van der Waals surface area contributed by atoms with E-state index in [2.05, 4.69) is 44.3 Å². The molecule has 3 rings (SSSR count). The molecule has 24 heavy (non-hydrogen) atoms. The Morgan fingerprint density at radius 3 is 2.79 bits per heavy atom. The van der Waals surface area contributed by atoms with Gasteiger partial charge in [-0.05, 0) is 28.1 Å². The Morgan fingerprint density at radius 1 is 1.29 bits per heavy atom. The van der Waals surface area contributed by atoms with Crippen molar-refractivity contribution < 1.29 is 9.47 Å². The lowest BCUT2D eigenvalue weighted by atomic mass is 10.0. The zero-order valence-electron chi connectivity index (χ0n) is 13.8. The lowest BCUT2D eigenvalue weighted by Crippen LogP contribution is -2.45. The number of nitrogens with zero attached hydrogens (tertiary/aromatic N) is 1. The molecular formula is C17H22BrClN2O2S. The predicted octanol–water partition coefficient (Wildman–Crippen LogP) is 4.10. The number of rotatable bonds is 5. The van der Waals surface area contributed by atoms with Crippen molar-refractivity contribution in [3.8, 4) is 10.8 Å². The number of benzene rings is 1. The molecule has 2 heterocycles. The highest BCUT2D eigenvalue weighted by Crippen LogP contribution is 2.37. The van der Waals surface area contributed by atoms with Gasteiger partial charge < -0.3 is 14.8 Å². The van der Waals surface area contributed by atoms with Gasteiger partial charge in [0.2, 0.25) is 0 Å². The zero-order valence-corrected chi connectivity index (χ0v) is 17.0. The van der Waals surface area contributed by atoms with Crippen LogP contribution in [0.3, 0.4) is 0 Å². The highest BCUT2D eigenvalue weighted by atomic mass is 79.9. The van der Waals surface area contributed by atoms with E-state index >= 15 is 0 Å². The average Bonchev–Trinajstić information content (AvgIpc) is 2.95. The van der Waals surface area contributed by atoms with E-state index in [-0.39, 0.29) is 12.4 Å². The highest BCUT2D eigenvalue weighted by molar-refractivity contribution is 9.10. The first kappa shape index (κ1) is 19.5. The molecule has 7 heteroatoms. The van der Waals surface area contributed by atoms with Gasteiger partial charge in [-0.1, -0.05) is 18.2 Å². The van der Waals surface area contributed by atoms with Crippen LogP contribution in [-0.4, -0.2) is 38.8 Å². The molecule has 1 N–H and O–H groups in total. The molecule has 1 unspecified atom stereocenters. The summed E-state index contributed by atoms with van der Waals surface area (Å²) >= 11 is 5.26. The Kier molecular flexibility index (Phi) is 7.37. The molecule has 1 fully saturated rings. The zero-order chi connectivity index (χ0) is 16.2. The molecule has 0 bridgehead atoms. The molecule has 0 radical (unpaired) electrons. The number of methoxy groups -OCH3 is 2. The van der Waals surface area contributed by atoms with E-state index in [0.717, 1.165) is 41.5 Å². The molecule has 0 spiro atoms. The lowest BCUT2D eigenvalue weighted by molar-refractivity contribution is 0.152. The largest absolute Gasteiger partial charge is 0.496 e. The monoisotopic (exact) mass is 432 g/mol. The van der Waals surface area contributed by atoms with Crippen LogP contribution in [0.1, 0.15) is 16.5 Å².